The van der Waals surface area contributed by atoms with Crippen LogP contribution in [0.1, 0.15) is 41.0 Å². The van der Waals surface area contributed by atoms with Crippen molar-refractivity contribution in [3.63, 3.8) is 0 Å². The molecule has 0 saturated heterocycles. The summed E-state index contributed by atoms with van der Waals surface area (Å²) in [5.74, 6) is -0.879. The molecule has 5 nitrogen and oxygen atoms in total. The topological polar surface area (TPSA) is 60.9 Å². The first-order valence-electron chi connectivity index (χ1n) is 6.10. The van der Waals surface area contributed by atoms with E-state index in [2.05, 4.69) is 0 Å². The molecule has 0 aromatic heterocycles. The summed E-state index contributed by atoms with van der Waals surface area (Å²) >= 11 is 0. The van der Waals surface area contributed by atoms with Crippen LogP contribution in [0.25, 0.3) is 0 Å². The van der Waals surface area contributed by atoms with Gasteiger partial charge in [-0.15, -0.1) is 0 Å². The second-order valence-corrected chi connectivity index (χ2v) is 4.59. The van der Waals surface area contributed by atoms with E-state index >= 15 is 0 Å². The highest BCUT2D eigenvalue weighted by molar-refractivity contribution is 5.76. The van der Waals surface area contributed by atoms with Crippen LogP contribution in [0, 0.1) is 0 Å². The van der Waals surface area contributed by atoms with Gasteiger partial charge in [-0.3, -0.25) is 4.79 Å². The molecular formula is C12H24N2O3. The van der Waals surface area contributed by atoms with Crippen molar-refractivity contribution in [1.29, 1.82) is 0 Å². The monoisotopic (exact) mass is 244 g/mol. The molecule has 0 saturated carbocycles. The van der Waals surface area contributed by atoms with E-state index in [4.69, 9.17) is 5.11 Å². The number of rotatable bonds is 6. The smallest absolute Gasteiger partial charge is 0.320 e. The maximum absolute atomic E-state index is 12.2. The van der Waals surface area contributed by atoms with Crippen molar-refractivity contribution in [3.8, 4) is 0 Å². The minimum absolute atomic E-state index is 0.00894. The van der Waals surface area contributed by atoms with Gasteiger partial charge in [-0.1, -0.05) is 0 Å². The number of carbonyl (C=O) groups is 2. The highest BCUT2D eigenvalue weighted by Gasteiger charge is 2.24. The number of hydrogen-bond acceptors (Lipinski definition) is 2. The molecule has 0 aliphatic rings. The first kappa shape index (κ1) is 15.7. The number of aliphatic carboxylic acids is 1. The Morgan fingerprint density at radius 1 is 1.06 bits per heavy atom. The standard InChI is InChI=1S/C12H24N2O3/c1-6-13(9(2)3)12(17)14(10(4)5)8-7-11(15)16/h9-10H,6-8H2,1-5H3,(H,15,16). The van der Waals surface area contributed by atoms with Gasteiger partial charge in [-0.25, -0.2) is 4.79 Å². The molecule has 0 fully saturated rings. The zero-order chi connectivity index (χ0) is 13.6. The zero-order valence-electron chi connectivity index (χ0n) is 11.4. The summed E-state index contributed by atoms with van der Waals surface area (Å²) in [6.07, 6.45) is -0.0143. The maximum Gasteiger partial charge on any atom is 0.320 e. The van der Waals surface area contributed by atoms with Gasteiger partial charge >= 0.3 is 12.0 Å². The average Bonchev–Trinajstić information content (AvgIpc) is 2.17. The molecule has 0 atom stereocenters. The van der Waals surface area contributed by atoms with Crippen LogP contribution >= 0.6 is 0 Å². The molecule has 17 heavy (non-hydrogen) atoms. The third kappa shape index (κ3) is 5.06. The summed E-state index contributed by atoms with van der Waals surface area (Å²) in [4.78, 5) is 26.1. The van der Waals surface area contributed by atoms with Crippen LogP contribution < -0.4 is 0 Å². The van der Waals surface area contributed by atoms with Crippen LogP contribution in [0.2, 0.25) is 0 Å². The molecule has 5 heteroatoms. The van der Waals surface area contributed by atoms with E-state index in [1.54, 1.807) is 9.80 Å². The number of nitrogens with zero attached hydrogens (tertiary/aromatic N) is 2. The first-order chi connectivity index (χ1) is 7.81. The molecule has 0 aliphatic heterocycles. The van der Waals surface area contributed by atoms with Crippen molar-refractivity contribution in [1.82, 2.24) is 9.80 Å². The average molecular weight is 244 g/mol. The van der Waals surface area contributed by atoms with Crippen LogP contribution in [-0.2, 0) is 4.79 Å². The number of hydrogen-bond donors (Lipinski definition) is 1. The van der Waals surface area contributed by atoms with Crippen molar-refractivity contribution in [2.75, 3.05) is 13.1 Å². The summed E-state index contributed by atoms with van der Waals surface area (Å²) in [7, 11) is 0. The lowest BCUT2D eigenvalue weighted by atomic mass is 10.2. The fourth-order valence-electron chi connectivity index (χ4n) is 1.68. The lowest BCUT2D eigenvalue weighted by Gasteiger charge is -2.34. The summed E-state index contributed by atoms with van der Waals surface area (Å²) in [5, 5.41) is 8.68. The van der Waals surface area contributed by atoms with Crippen molar-refractivity contribution in [2.45, 2.75) is 53.1 Å². The van der Waals surface area contributed by atoms with Gasteiger partial charge < -0.3 is 14.9 Å². The van der Waals surface area contributed by atoms with Gasteiger partial charge in [0.05, 0.1) is 6.42 Å². The maximum atomic E-state index is 12.2. The summed E-state index contributed by atoms with van der Waals surface area (Å²) < 4.78 is 0. The summed E-state index contributed by atoms with van der Waals surface area (Å²) in [6.45, 7) is 10.5. The third-order valence-corrected chi connectivity index (χ3v) is 2.65. The molecule has 0 spiro atoms. The molecule has 0 aromatic carbocycles. The van der Waals surface area contributed by atoms with Crippen LogP contribution in [0.3, 0.4) is 0 Å². The van der Waals surface area contributed by atoms with E-state index in [9.17, 15) is 9.59 Å². The van der Waals surface area contributed by atoms with Crippen molar-refractivity contribution >= 4 is 12.0 Å². The van der Waals surface area contributed by atoms with Crippen molar-refractivity contribution in [3.05, 3.63) is 0 Å². The molecular weight excluding hydrogens is 220 g/mol. The number of amides is 2. The third-order valence-electron chi connectivity index (χ3n) is 2.65. The van der Waals surface area contributed by atoms with E-state index in [0.717, 1.165) is 0 Å². The van der Waals surface area contributed by atoms with Crippen molar-refractivity contribution < 1.29 is 14.7 Å². The Morgan fingerprint density at radius 3 is 1.82 bits per heavy atom. The van der Waals surface area contributed by atoms with Crippen LogP contribution in [0.15, 0.2) is 0 Å². The normalized spacial score (nSPS) is 10.8. The predicted octanol–water partition coefficient (Wildman–Crippen LogP) is 2.02. The van der Waals surface area contributed by atoms with E-state index in [1.807, 2.05) is 34.6 Å². The number of carboxylic acid groups (broad SMARTS) is 1. The van der Waals surface area contributed by atoms with Crippen LogP contribution in [-0.4, -0.2) is 52.1 Å². The molecule has 0 unspecified atom stereocenters. The van der Waals surface area contributed by atoms with Gasteiger partial charge in [0.15, 0.2) is 0 Å². The molecule has 0 aromatic rings. The first-order valence-corrected chi connectivity index (χ1v) is 6.10. The van der Waals surface area contributed by atoms with Gasteiger partial charge in [0, 0.05) is 25.2 Å². The molecule has 0 bridgehead atoms. The number of urea groups is 1. The van der Waals surface area contributed by atoms with Gasteiger partial charge in [-0.05, 0) is 34.6 Å². The zero-order valence-corrected chi connectivity index (χ0v) is 11.4. The van der Waals surface area contributed by atoms with E-state index < -0.39 is 5.97 Å². The Bertz CT molecular complexity index is 264. The van der Waals surface area contributed by atoms with E-state index in [1.165, 1.54) is 0 Å². The van der Waals surface area contributed by atoms with E-state index in [0.29, 0.717) is 6.54 Å². The lowest BCUT2D eigenvalue weighted by Crippen LogP contribution is -2.49. The Kier molecular flexibility index (Phi) is 6.61. The molecule has 0 rings (SSSR count). The van der Waals surface area contributed by atoms with E-state index in [-0.39, 0.29) is 31.1 Å². The Balaban J connectivity index is 4.68. The molecule has 100 valence electrons. The minimum atomic E-state index is -0.879. The van der Waals surface area contributed by atoms with Gasteiger partial charge in [0.1, 0.15) is 0 Å². The number of carbonyl (C=O) groups excluding carboxylic acids is 1. The van der Waals surface area contributed by atoms with Gasteiger partial charge in [0.25, 0.3) is 0 Å². The molecule has 0 aliphatic carbocycles. The summed E-state index contributed by atoms with van der Waals surface area (Å²) in [5.41, 5.74) is 0. The predicted molar refractivity (Wildman–Crippen MR) is 67.0 cm³/mol. The van der Waals surface area contributed by atoms with Crippen LogP contribution in [0.5, 0.6) is 0 Å². The van der Waals surface area contributed by atoms with Gasteiger partial charge in [-0.2, -0.15) is 0 Å². The van der Waals surface area contributed by atoms with Gasteiger partial charge in [0.2, 0.25) is 0 Å². The highest BCUT2D eigenvalue weighted by atomic mass is 16.4. The Hall–Kier alpha value is -1.26. The fraction of sp³-hybridized carbons (Fsp3) is 0.833. The molecule has 0 radical (unpaired) electrons. The number of carboxylic acids is 1. The SMILES string of the molecule is CCN(C(=O)N(CCC(=O)O)C(C)C)C(C)C. The Morgan fingerprint density at radius 2 is 1.53 bits per heavy atom. The molecule has 2 amide bonds. The van der Waals surface area contributed by atoms with Crippen LogP contribution in [0.4, 0.5) is 4.79 Å². The Labute approximate surface area is 103 Å². The highest BCUT2D eigenvalue weighted by Crippen LogP contribution is 2.09. The lowest BCUT2D eigenvalue weighted by molar-refractivity contribution is -0.137. The largest absolute Gasteiger partial charge is 0.481 e. The molecule has 1 N–H and O–H groups in total. The second-order valence-electron chi connectivity index (χ2n) is 4.59. The summed E-state index contributed by atoms with van der Waals surface area (Å²) in [6, 6.07) is 0.0481. The molecule has 0 heterocycles. The quantitative estimate of drug-likeness (QED) is 0.777. The van der Waals surface area contributed by atoms with Crippen molar-refractivity contribution in [2.24, 2.45) is 0 Å². The minimum Gasteiger partial charge on any atom is -0.481 e. The fourth-order valence-corrected chi connectivity index (χ4v) is 1.68. The second kappa shape index (κ2) is 7.14.